The number of benzene rings is 1. The van der Waals surface area contributed by atoms with Crippen LogP contribution < -0.4 is 10.6 Å². The van der Waals surface area contributed by atoms with Crippen molar-refractivity contribution >= 4 is 17.8 Å². The highest BCUT2D eigenvalue weighted by atomic mass is 16.5. The molecule has 9 heteroatoms. The van der Waals surface area contributed by atoms with Gasteiger partial charge in [0.25, 0.3) is 5.91 Å². The molecule has 172 valence electrons. The van der Waals surface area contributed by atoms with Gasteiger partial charge in [0.05, 0.1) is 5.69 Å². The molecule has 3 heterocycles. The molecular formula is C24H28N6O3. The highest BCUT2D eigenvalue weighted by molar-refractivity contribution is 5.93. The number of nitrogens with two attached hydrogens (primary N) is 1. The van der Waals surface area contributed by atoms with E-state index in [9.17, 15) is 9.59 Å². The second-order valence-electron chi connectivity index (χ2n) is 8.47. The van der Waals surface area contributed by atoms with E-state index >= 15 is 0 Å². The summed E-state index contributed by atoms with van der Waals surface area (Å²) < 4.78 is 5.29. The van der Waals surface area contributed by atoms with E-state index in [0.717, 1.165) is 41.8 Å². The number of rotatable bonds is 7. The number of primary amides is 1. The number of carbonyl (C=O) groups is 2. The molecule has 2 N–H and O–H groups in total. The Morgan fingerprint density at radius 3 is 2.67 bits per heavy atom. The first-order valence-electron chi connectivity index (χ1n) is 11.1. The maximum atomic E-state index is 13.0. The topological polar surface area (TPSA) is 118 Å². The molecule has 0 unspecified atom stereocenters. The smallest absolute Gasteiger partial charge is 0.276 e. The van der Waals surface area contributed by atoms with Crippen molar-refractivity contribution in [3.05, 3.63) is 59.2 Å². The molecule has 0 aliphatic carbocycles. The number of aromatic nitrogens is 3. The molecule has 1 aromatic carbocycles. The van der Waals surface area contributed by atoms with E-state index < -0.39 is 5.91 Å². The lowest BCUT2D eigenvalue weighted by Gasteiger charge is -2.19. The monoisotopic (exact) mass is 448 g/mol. The number of carbonyl (C=O) groups excluding carboxylic acids is 2. The van der Waals surface area contributed by atoms with Crippen LogP contribution in [0.25, 0.3) is 11.1 Å². The average molecular weight is 449 g/mol. The summed E-state index contributed by atoms with van der Waals surface area (Å²) in [7, 11) is 3.78. The zero-order chi connectivity index (χ0) is 23.5. The zero-order valence-electron chi connectivity index (χ0n) is 19.1. The van der Waals surface area contributed by atoms with Gasteiger partial charge < -0.3 is 20.1 Å². The van der Waals surface area contributed by atoms with Gasteiger partial charge >= 0.3 is 0 Å². The first kappa shape index (κ1) is 22.4. The molecular weight excluding hydrogens is 420 g/mol. The van der Waals surface area contributed by atoms with Crippen molar-refractivity contribution in [3.8, 4) is 11.1 Å². The Morgan fingerprint density at radius 1 is 1.24 bits per heavy atom. The van der Waals surface area contributed by atoms with Crippen LogP contribution in [0.15, 0.2) is 41.1 Å². The van der Waals surface area contributed by atoms with Gasteiger partial charge in [0.15, 0.2) is 5.69 Å². The van der Waals surface area contributed by atoms with Crippen LogP contribution in [0.2, 0.25) is 0 Å². The fourth-order valence-corrected chi connectivity index (χ4v) is 4.06. The number of aryl methyl sites for hydroxylation is 1. The van der Waals surface area contributed by atoms with Crippen LogP contribution in [0, 0.1) is 0 Å². The second-order valence-corrected chi connectivity index (χ2v) is 8.47. The molecule has 4 rings (SSSR count). The predicted molar refractivity (Wildman–Crippen MR) is 124 cm³/mol. The summed E-state index contributed by atoms with van der Waals surface area (Å²) >= 11 is 0. The minimum Gasteiger partial charge on any atom is -0.366 e. The van der Waals surface area contributed by atoms with Crippen LogP contribution in [0.4, 0.5) is 5.95 Å². The quantitative estimate of drug-likeness (QED) is 0.590. The lowest BCUT2D eigenvalue weighted by Crippen LogP contribution is -2.29. The van der Waals surface area contributed by atoms with Gasteiger partial charge in [0.1, 0.15) is 5.76 Å². The number of hydrogen-bond donors (Lipinski definition) is 1. The third kappa shape index (κ3) is 4.72. The summed E-state index contributed by atoms with van der Waals surface area (Å²) in [5, 5.41) is 3.97. The maximum Gasteiger partial charge on any atom is 0.276 e. The number of anilines is 1. The van der Waals surface area contributed by atoms with Crippen LogP contribution in [0.5, 0.6) is 0 Å². The Kier molecular flexibility index (Phi) is 6.39. The van der Waals surface area contributed by atoms with Crippen molar-refractivity contribution in [2.45, 2.75) is 32.1 Å². The third-order valence-corrected chi connectivity index (χ3v) is 5.82. The van der Waals surface area contributed by atoms with Gasteiger partial charge in [0, 0.05) is 62.9 Å². The first-order valence-corrected chi connectivity index (χ1v) is 11.1. The largest absolute Gasteiger partial charge is 0.366 e. The van der Waals surface area contributed by atoms with E-state index in [-0.39, 0.29) is 11.8 Å². The molecule has 1 aliphatic heterocycles. The van der Waals surface area contributed by atoms with Gasteiger partial charge in [-0.1, -0.05) is 24.2 Å². The standard InChI is InChI=1S/C24H28N6O3/c1-4-5-18-12-20(28-33-18)23(32)30-11-10-17(14-30)21-19(13-26-24(27-21)29(2)3)15-6-8-16(9-7-15)22(25)31/h6-9,12-13,17H,4-5,10-11,14H2,1-3H3,(H2,25,31)/t17-/m1/s1. The number of amides is 2. The van der Waals surface area contributed by atoms with Crippen molar-refractivity contribution in [3.63, 3.8) is 0 Å². The Hall–Kier alpha value is -3.75. The Morgan fingerprint density at radius 2 is 2.00 bits per heavy atom. The lowest BCUT2D eigenvalue weighted by atomic mass is 9.95. The van der Waals surface area contributed by atoms with Crippen molar-refractivity contribution in [2.75, 3.05) is 32.1 Å². The molecule has 2 aromatic heterocycles. The molecule has 0 spiro atoms. The molecule has 1 saturated heterocycles. The van der Waals surface area contributed by atoms with Crippen molar-refractivity contribution in [1.82, 2.24) is 20.0 Å². The highest BCUT2D eigenvalue weighted by Gasteiger charge is 2.32. The summed E-state index contributed by atoms with van der Waals surface area (Å²) in [4.78, 5) is 37.4. The summed E-state index contributed by atoms with van der Waals surface area (Å²) in [6, 6.07) is 8.83. The van der Waals surface area contributed by atoms with Crippen LogP contribution in [0.1, 0.15) is 58.0 Å². The normalized spacial score (nSPS) is 15.6. The van der Waals surface area contributed by atoms with Gasteiger partial charge in [-0.05, 0) is 30.5 Å². The molecule has 1 aliphatic rings. The minimum atomic E-state index is -0.471. The molecule has 9 nitrogen and oxygen atoms in total. The van der Waals surface area contributed by atoms with E-state index in [1.807, 2.05) is 31.1 Å². The summed E-state index contributed by atoms with van der Waals surface area (Å²) in [5.41, 5.74) is 8.81. The van der Waals surface area contributed by atoms with Crippen LogP contribution in [0.3, 0.4) is 0 Å². The van der Waals surface area contributed by atoms with Crippen LogP contribution >= 0.6 is 0 Å². The maximum absolute atomic E-state index is 13.0. The summed E-state index contributed by atoms with van der Waals surface area (Å²) in [6.07, 6.45) is 4.27. The number of hydrogen-bond acceptors (Lipinski definition) is 7. The van der Waals surface area contributed by atoms with Gasteiger partial charge in [0.2, 0.25) is 11.9 Å². The van der Waals surface area contributed by atoms with Crippen LogP contribution in [-0.2, 0) is 6.42 Å². The Bertz CT molecular complexity index is 1160. The third-order valence-electron chi connectivity index (χ3n) is 5.82. The van der Waals surface area contributed by atoms with E-state index in [1.165, 1.54) is 0 Å². The molecule has 0 saturated carbocycles. The second kappa shape index (κ2) is 9.40. The molecule has 1 atom stereocenters. The Balaban J connectivity index is 1.61. The average Bonchev–Trinajstić information content (AvgIpc) is 3.49. The van der Waals surface area contributed by atoms with E-state index in [1.54, 1.807) is 29.3 Å². The predicted octanol–water partition coefficient (Wildman–Crippen LogP) is 2.88. The van der Waals surface area contributed by atoms with Gasteiger partial charge in [-0.15, -0.1) is 0 Å². The van der Waals surface area contributed by atoms with Gasteiger partial charge in [-0.25, -0.2) is 9.97 Å². The molecule has 3 aromatic rings. The van der Waals surface area contributed by atoms with Crippen molar-refractivity contribution < 1.29 is 14.1 Å². The fourth-order valence-electron chi connectivity index (χ4n) is 4.06. The molecule has 0 radical (unpaired) electrons. The van der Waals surface area contributed by atoms with Gasteiger partial charge in [-0.2, -0.15) is 0 Å². The zero-order valence-corrected chi connectivity index (χ0v) is 19.1. The minimum absolute atomic E-state index is 0.0449. The number of likely N-dealkylation sites (tertiary alicyclic amines) is 1. The summed E-state index contributed by atoms with van der Waals surface area (Å²) in [6.45, 7) is 3.20. The Labute approximate surface area is 192 Å². The van der Waals surface area contributed by atoms with Crippen molar-refractivity contribution in [2.24, 2.45) is 5.73 Å². The SMILES string of the molecule is CCCc1cc(C(=O)N2CC[C@@H](c3nc(N(C)C)ncc3-c3ccc(C(N)=O)cc3)C2)no1. The molecule has 33 heavy (non-hydrogen) atoms. The van der Waals surface area contributed by atoms with E-state index in [0.29, 0.717) is 30.3 Å². The highest BCUT2D eigenvalue weighted by Crippen LogP contribution is 2.34. The van der Waals surface area contributed by atoms with Crippen molar-refractivity contribution in [1.29, 1.82) is 0 Å². The lowest BCUT2D eigenvalue weighted by molar-refractivity contribution is 0.0780. The van der Waals surface area contributed by atoms with E-state index in [4.69, 9.17) is 15.2 Å². The van der Waals surface area contributed by atoms with Crippen LogP contribution in [-0.4, -0.2) is 59.0 Å². The summed E-state index contributed by atoms with van der Waals surface area (Å²) in [5.74, 6) is 0.778. The van der Waals surface area contributed by atoms with E-state index in [2.05, 4.69) is 17.1 Å². The molecule has 1 fully saturated rings. The van der Waals surface area contributed by atoms with Gasteiger partial charge in [-0.3, -0.25) is 9.59 Å². The molecule has 0 bridgehead atoms. The first-order chi connectivity index (χ1) is 15.9. The molecule has 2 amide bonds. The fraction of sp³-hybridized carbons (Fsp3) is 0.375. The number of nitrogens with zero attached hydrogens (tertiary/aromatic N) is 5.